The average molecular weight is 342 g/mol. The summed E-state index contributed by atoms with van der Waals surface area (Å²) in [5.74, 6) is -1.31. The number of dihydropyridines is 1. The summed E-state index contributed by atoms with van der Waals surface area (Å²) < 4.78 is 4.67. The Morgan fingerprint density at radius 1 is 1.40 bits per heavy atom. The minimum atomic E-state index is -0.935. The number of methoxy groups -OCH3 is 1. The number of aromatic hydroxyl groups is 1. The van der Waals surface area contributed by atoms with Crippen LogP contribution in [-0.2, 0) is 20.7 Å². The van der Waals surface area contributed by atoms with Crippen molar-refractivity contribution in [3.05, 3.63) is 47.7 Å². The van der Waals surface area contributed by atoms with E-state index >= 15 is 0 Å². The molecule has 0 saturated heterocycles. The highest BCUT2D eigenvalue weighted by atomic mass is 16.5. The molecule has 2 aliphatic heterocycles. The number of benzene rings is 1. The van der Waals surface area contributed by atoms with Crippen LogP contribution < -0.4 is 4.90 Å². The lowest BCUT2D eigenvalue weighted by Crippen LogP contribution is -2.34. The van der Waals surface area contributed by atoms with E-state index in [4.69, 9.17) is 0 Å². The van der Waals surface area contributed by atoms with Gasteiger partial charge in [0.1, 0.15) is 17.5 Å². The number of aliphatic imine (C=N–C) groups is 1. The van der Waals surface area contributed by atoms with Crippen LogP contribution in [-0.4, -0.2) is 47.6 Å². The van der Waals surface area contributed by atoms with E-state index < -0.39 is 18.0 Å². The molecule has 1 aromatic rings. The lowest BCUT2D eigenvalue weighted by molar-refractivity contribution is -0.138. The van der Waals surface area contributed by atoms with Crippen molar-refractivity contribution >= 4 is 23.3 Å². The van der Waals surface area contributed by atoms with Gasteiger partial charge in [-0.15, -0.1) is 0 Å². The topological polar surface area (TPSA) is 99.4 Å². The lowest BCUT2D eigenvalue weighted by atomic mass is 10.1. The zero-order valence-corrected chi connectivity index (χ0v) is 13.7. The first-order chi connectivity index (χ1) is 12.0. The summed E-state index contributed by atoms with van der Waals surface area (Å²) in [5, 5.41) is 19.1. The second-order valence-electron chi connectivity index (χ2n) is 5.82. The number of allylic oxidation sites excluding steroid dienone is 1. The van der Waals surface area contributed by atoms with Crippen molar-refractivity contribution in [2.24, 2.45) is 4.99 Å². The first-order valence-corrected chi connectivity index (χ1v) is 7.84. The quantitative estimate of drug-likeness (QED) is 0.808. The maximum atomic E-state index is 11.6. The van der Waals surface area contributed by atoms with Crippen LogP contribution >= 0.6 is 0 Å². The molecule has 7 heteroatoms. The zero-order chi connectivity index (χ0) is 18.0. The highest BCUT2D eigenvalue weighted by Gasteiger charge is 2.33. The van der Waals surface area contributed by atoms with Gasteiger partial charge in [-0.2, -0.15) is 0 Å². The van der Waals surface area contributed by atoms with Crippen LogP contribution in [0, 0.1) is 0 Å². The molecule has 25 heavy (non-hydrogen) atoms. The predicted molar refractivity (Wildman–Crippen MR) is 91.9 cm³/mol. The molecule has 0 saturated carbocycles. The van der Waals surface area contributed by atoms with Crippen molar-refractivity contribution < 1.29 is 24.5 Å². The van der Waals surface area contributed by atoms with Gasteiger partial charge in [0, 0.05) is 24.9 Å². The van der Waals surface area contributed by atoms with Gasteiger partial charge in [-0.1, -0.05) is 0 Å². The number of anilines is 1. The van der Waals surface area contributed by atoms with E-state index in [9.17, 15) is 19.8 Å². The summed E-state index contributed by atoms with van der Waals surface area (Å²) in [7, 11) is 1.30. The Balaban J connectivity index is 1.87. The Labute approximate surface area is 144 Å². The van der Waals surface area contributed by atoms with Gasteiger partial charge >= 0.3 is 11.9 Å². The average Bonchev–Trinajstić information content (AvgIpc) is 2.97. The number of carboxylic acids is 1. The van der Waals surface area contributed by atoms with Crippen molar-refractivity contribution in [3.63, 3.8) is 0 Å². The number of carboxylic acid groups (broad SMARTS) is 1. The number of phenols is 1. The Hall–Kier alpha value is -3.09. The van der Waals surface area contributed by atoms with Crippen LogP contribution in [0.5, 0.6) is 5.75 Å². The number of hydrogen-bond donors (Lipinski definition) is 2. The molecule has 130 valence electrons. The van der Waals surface area contributed by atoms with Crippen LogP contribution in [0.15, 0.2) is 47.1 Å². The number of aliphatic carboxylic acids is 1. The number of ether oxygens (including phenoxy) is 1. The monoisotopic (exact) mass is 342 g/mol. The van der Waals surface area contributed by atoms with E-state index in [1.165, 1.54) is 13.2 Å². The fourth-order valence-electron chi connectivity index (χ4n) is 2.99. The molecule has 2 aliphatic rings. The lowest BCUT2D eigenvalue weighted by Gasteiger charge is -2.20. The minimum absolute atomic E-state index is 0.114. The van der Waals surface area contributed by atoms with Crippen LogP contribution in [0.4, 0.5) is 5.69 Å². The molecule has 3 rings (SSSR count). The Kier molecular flexibility index (Phi) is 4.56. The molecule has 2 N–H and O–H groups in total. The molecule has 7 nitrogen and oxygen atoms in total. The van der Waals surface area contributed by atoms with Crippen molar-refractivity contribution in [3.8, 4) is 5.75 Å². The second-order valence-corrected chi connectivity index (χ2v) is 5.82. The Morgan fingerprint density at radius 3 is 2.92 bits per heavy atom. The van der Waals surface area contributed by atoms with Crippen LogP contribution in [0.1, 0.15) is 12.0 Å². The summed E-state index contributed by atoms with van der Waals surface area (Å²) in [6.07, 6.45) is 6.11. The van der Waals surface area contributed by atoms with Crippen molar-refractivity contribution in [1.82, 2.24) is 0 Å². The molecule has 2 heterocycles. The van der Waals surface area contributed by atoms with E-state index in [1.807, 2.05) is 0 Å². The summed E-state index contributed by atoms with van der Waals surface area (Å²) in [5.41, 5.74) is 2.66. The third-order valence-electron chi connectivity index (χ3n) is 4.22. The maximum absolute atomic E-state index is 11.6. The van der Waals surface area contributed by atoms with Gasteiger partial charge in [0.05, 0.1) is 7.11 Å². The molecule has 1 aromatic carbocycles. The fourth-order valence-corrected chi connectivity index (χ4v) is 2.99. The normalized spacial score (nSPS) is 19.4. The van der Waals surface area contributed by atoms with Crippen LogP contribution in [0.25, 0.3) is 0 Å². The molecular weight excluding hydrogens is 324 g/mol. The van der Waals surface area contributed by atoms with Gasteiger partial charge in [0.15, 0.2) is 0 Å². The highest BCUT2D eigenvalue weighted by Crippen LogP contribution is 2.35. The van der Waals surface area contributed by atoms with Crippen molar-refractivity contribution in [2.45, 2.75) is 18.9 Å². The molecule has 0 aliphatic carbocycles. The molecule has 0 amide bonds. The third kappa shape index (κ3) is 3.40. The van der Waals surface area contributed by atoms with E-state index in [-0.39, 0.29) is 11.5 Å². The number of nitrogens with zero attached hydrogens (tertiary/aromatic N) is 2. The van der Waals surface area contributed by atoms with E-state index in [1.54, 1.807) is 35.4 Å². The summed E-state index contributed by atoms with van der Waals surface area (Å²) >= 11 is 0. The molecule has 0 spiro atoms. The van der Waals surface area contributed by atoms with Crippen molar-refractivity contribution in [2.75, 3.05) is 18.6 Å². The first-order valence-electron chi connectivity index (χ1n) is 7.84. The highest BCUT2D eigenvalue weighted by molar-refractivity contribution is 6.41. The van der Waals surface area contributed by atoms with Gasteiger partial charge in [-0.25, -0.2) is 9.59 Å². The van der Waals surface area contributed by atoms with E-state index in [2.05, 4.69) is 9.73 Å². The zero-order valence-electron chi connectivity index (χ0n) is 13.7. The number of carbonyl (C=O) groups is 2. The Morgan fingerprint density at radius 2 is 2.20 bits per heavy atom. The predicted octanol–water partition coefficient (Wildman–Crippen LogP) is 1.67. The summed E-state index contributed by atoms with van der Waals surface area (Å²) in [4.78, 5) is 28.9. The molecular formula is C18H18N2O5. The van der Waals surface area contributed by atoms with Gasteiger partial charge in [0.2, 0.25) is 0 Å². The maximum Gasteiger partial charge on any atom is 0.356 e. The summed E-state index contributed by atoms with van der Waals surface area (Å²) in [6.45, 7) is 0.480. The Bertz CT molecular complexity index is 810. The number of esters is 1. The SMILES string of the molecule is COC(=O)C1=NCCC(/C=C/N2c3ccc(O)cc3C[C@H]2C(=O)O)=C1. The number of rotatable bonds is 4. The van der Waals surface area contributed by atoms with Crippen LogP contribution in [0.3, 0.4) is 0 Å². The smallest absolute Gasteiger partial charge is 0.356 e. The molecule has 0 bridgehead atoms. The fraction of sp³-hybridized carbons (Fsp3) is 0.278. The molecule has 0 fully saturated rings. The second kappa shape index (κ2) is 6.80. The van der Waals surface area contributed by atoms with Gasteiger partial charge in [0.25, 0.3) is 0 Å². The van der Waals surface area contributed by atoms with Gasteiger partial charge in [-0.05, 0) is 47.9 Å². The molecule has 0 aromatic heterocycles. The first kappa shape index (κ1) is 16.8. The number of phenolic OH excluding ortho intramolecular Hbond substituents is 1. The molecule has 0 unspecified atom stereocenters. The largest absolute Gasteiger partial charge is 0.508 e. The van der Waals surface area contributed by atoms with E-state index in [0.717, 1.165) is 16.8 Å². The van der Waals surface area contributed by atoms with E-state index in [0.29, 0.717) is 19.4 Å². The van der Waals surface area contributed by atoms with Gasteiger partial charge in [-0.3, -0.25) is 4.99 Å². The van der Waals surface area contributed by atoms with Gasteiger partial charge < -0.3 is 19.8 Å². The number of hydrogen-bond acceptors (Lipinski definition) is 6. The van der Waals surface area contributed by atoms with Crippen molar-refractivity contribution in [1.29, 1.82) is 0 Å². The molecule has 0 radical (unpaired) electrons. The summed E-state index contributed by atoms with van der Waals surface area (Å²) in [6, 6.07) is 4.09. The standard InChI is InChI=1S/C18H18N2O5/c1-25-18(24)14-8-11(4-6-19-14)5-7-20-15-3-2-13(21)9-12(15)10-16(20)17(22)23/h2-3,5,7-9,16,21H,4,6,10H2,1H3,(H,22,23)/b7-5+/t16-/m0/s1. The molecule has 1 atom stereocenters. The number of fused-ring (bicyclic) bond motifs is 1. The minimum Gasteiger partial charge on any atom is -0.508 e. The third-order valence-corrected chi connectivity index (χ3v) is 4.22. The number of carbonyl (C=O) groups excluding carboxylic acids is 1. The van der Waals surface area contributed by atoms with Crippen LogP contribution in [0.2, 0.25) is 0 Å².